The number of rotatable bonds is 9. The molecule has 1 aromatic heterocycles. The Morgan fingerprint density at radius 3 is 2.25 bits per heavy atom. The zero-order valence-corrected chi connectivity index (χ0v) is 12.4. The highest BCUT2D eigenvalue weighted by Crippen LogP contribution is 2.09. The molecule has 0 amide bonds. The molecule has 0 aromatic carbocycles. The van der Waals surface area contributed by atoms with Crippen LogP contribution in [0.2, 0.25) is 0 Å². The monoisotopic (exact) mass is 334 g/mol. The van der Waals surface area contributed by atoms with Gasteiger partial charge in [0.1, 0.15) is 0 Å². The molecule has 0 aliphatic rings. The van der Waals surface area contributed by atoms with Gasteiger partial charge in [0.15, 0.2) is 0 Å². The van der Waals surface area contributed by atoms with E-state index < -0.39 is 0 Å². The molecule has 0 saturated carbocycles. The minimum atomic E-state index is 1.08. The van der Waals surface area contributed by atoms with Gasteiger partial charge in [0.05, 0.1) is 9.77 Å². The van der Waals surface area contributed by atoms with E-state index in [-0.39, 0.29) is 0 Å². The standard InChI is InChI=1S/C13H23IN2/c1-2-3-4-5-6-7-8-9-10-16-12-13(14)11-15-16/h11-12H,2-10H2,1H3. The molecule has 3 heteroatoms. The first-order valence-corrected chi connectivity index (χ1v) is 7.58. The van der Waals surface area contributed by atoms with E-state index in [1.54, 1.807) is 0 Å². The Labute approximate surface area is 113 Å². The van der Waals surface area contributed by atoms with Crippen LogP contribution in [0.3, 0.4) is 0 Å². The topological polar surface area (TPSA) is 17.8 Å². The predicted octanol–water partition coefficient (Wildman–Crippen LogP) is 4.63. The van der Waals surface area contributed by atoms with E-state index in [0.717, 1.165) is 6.54 Å². The lowest BCUT2D eigenvalue weighted by molar-refractivity contribution is 0.520. The van der Waals surface area contributed by atoms with Gasteiger partial charge in [0.25, 0.3) is 0 Å². The number of hydrogen-bond donors (Lipinski definition) is 0. The molecule has 0 saturated heterocycles. The summed E-state index contributed by atoms with van der Waals surface area (Å²) in [6.45, 7) is 3.35. The molecular formula is C13H23IN2. The van der Waals surface area contributed by atoms with Gasteiger partial charge in [-0.3, -0.25) is 4.68 Å². The number of unbranched alkanes of at least 4 members (excludes halogenated alkanes) is 7. The Kier molecular flexibility index (Phi) is 7.89. The van der Waals surface area contributed by atoms with Crippen LogP contribution in [0.4, 0.5) is 0 Å². The first-order chi connectivity index (χ1) is 7.83. The molecule has 0 unspecified atom stereocenters. The summed E-state index contributed by atoms with van der Waals surface area (Å²) >= 11 is 2.30. The molecule has 0 radical (unpaired) electrons. The van der Waals surface area contributed by atoms with Crippen LogP contribution >= 0.6 is 22.6 Å². The van der Waals surface area contributed by atoms with E-state index in [0.29, 0.717) is 0 Å². The van der Waals surface area contributed by atoms with Crippen molar-refractivity contribution >= 4 is 22.6 Å². The Morgan fingerprint density at radius 2 is 1.69 bits per heavy atom. The average Bonchev–Trinajstić information content (AvgIpc) is 2.68. The third-order valence-corrected chi connectivity index (χ3v) is 3.40. The SMILES string of the molecule is CCCCCCCCCCn1cc(I)cn1. The average molecular weight is 334 g/mol. The first-order valence-electron chi connectivity index (χ1n) is 6.51. The Balaban J connectivity index is 1.88. The van der Waals surface area contributed by atoms with E-state index >= 15 is 0 Å². The van der Waals surface area contributed by atoms with Crippen molar-refractivity contribution in [3.05, 3.63) is 16.0 Å². The number of halogens is 1. The fourth-order valence-corrected chi connectivity index (χ4v) is 2.31. The van der Waals surface area contributed by atoms with E-state index in [1.165, 1.54) is 54.9 Å². The molecule has 0 bridgehead atoms. The predicted molar refractivity (Wildman–Crippen MR) is 77.6 cm³/mol. The van der Waals surface area contributed by atoms with Gasteiger partial charge in [-0.2, -0.15) is 5.10 Å². The van der Waals surface area contributed by atoms with Crippen LogP contribution < -0.4 is 0 Å². The zero-order chi connectivity index (χ0) is 11.6. The second-order valence-corrected chi connectivity index (χ2v) is 5.64. The Hall–Kier alpha value is -0.0600. The van der Waals surface area contributed by atoms with Crippen LogP contribution in [0.15, 0.2) is 12.4 Å². The highest BCUT2D eigenvalue weighted by molar-refractivity contribution is 14.1. The summed E-state index contributed by atoms with van der Waals surface area (Å²) in [6, 6.07) is 0. The molecule has 0 aliphatic carbocycles. The van der Waals surface area contributed by atoms with Crippen molar-refractivity contribution in [2.75, 3.05) is 0 Å². The molecule has 0 fully saturated rings. The maximum absolute atomic E-state index is 4.28. The lowest BCUT2D eigenvalue weighted by Gasteiger charge is -2.02. The number of nitrogens with zero attached hydrogens (tertiary/aromatic N) is 2. The van der Waals surface area contributed by atoms with Crippen molar-refractivity contribution in [1.29, 1.82) is 0 Å². The molecule has 1 heterocycles. The van der Waals surface area contributed by atoms with E-state index in [2.05, 4.69) is 45.5 Å². The molecule has 0 atom stereocenters. The summed E-state index contributed by atoms with van der Waals surface area (Å²) in [5.74, 6) is 0. The molecule has 1 rings (SSSR count). The van der Waals surface area contributed by atoms with Gasteiger partial charge >= 0.3 is 0 Å². The van der Waals surface area contributed by atoms with Crippen LogP contribution in [-0.2, 0) is 6.54 Å². The highest BCUT2D eigenvalue weighted by atomic mass is 127. The Morgan fingerprint density at radius 1 is 1.06 bits per heavy atom. The quantitative estimate of drug-likeness (QED) is 0.476. The van der Waals surface area contributed by atoms with Gasteiger partial charge in [0, 0.05) is 12.7 Å². The van der Waals surface area contributed by atoms with Gasteiger partial charge in [-0.1, -0.05) is 51.9 Å². The third-order valence-electron chi connectivity index (χ3n) is 2.84. The molecule has 92 valence electrons. The van der Waals surface area contributed by atoms with Crippen molar-refractivity contribution < 1.29 is 0 Å². The highest BCUT2D eigenvalue weighted by Gasteiger charge is 1.95. The van der Waals surface area contributed by atoms with Crippen LogP contribution in [0.1, 0.15) is 58.3 Å². The van der Waals surface area contributed by atoms with Gasteiger partial charge in [-0.15, -0.1) is 0 Å². The maximum Gasteiger partial charge on any atom is 0.0623 e. The lowest BCUT2D eigenvalue weighted by atomic mass is 10.1. The van der Waals surface area contributed by atoms with Gasteiger partial charge in [-0.05, 0) is 29.0 Å². The lowest BCUT2D eigenvalue weighted by Crippen LogP contribution is -1.97. The summed E-state index contributed by atoms with van der Waals surface area (Å²) in [5.41, 5.74) is 0. The fourth-order valence-electron chi connectivity index (χ4n) is 1.87. The van der Waals surface area contributed by atoms with E-state index in [4.69, 9.17) is 0 Å². The number of hydrogen-bond acceptors (Lipinski definition) is 1. The molecule has 0 N–H and O–H groups in total. The van der Waals surface area contributed by atoms with Crippen molar-refractivity contribution in [2.24, 2.45) is 0 Å². The van der Waals surface area contributed by atoms with Gasteiger partial charge in [-0.25, -0.2) is 0 Å². The molecule has 1 aromatic rings. The summed E-state index contributed by atoms with van der Waals surface area (Å²) < 4.78 is 3.29. The first kappa shape index (κ1) is 14.0. The molecule has 2 nitrogen and oxygen atoms in total. The van der Waals surface area contributed by atoms with E-state index in [9.17, 15) is 0 Å². The summed E-state index contributed by atoms with van der Waals surface area (Å²) in [6.07, 6.45) is 15.1. The normalized spacial score (nSPS) is 10.9. The smallest absolute Gasteiger partial charge is 0.0623 e. The van der Waals surface area contributed by atoms with Crippen molar-refractivity contribution in [2.45, 2.75) is 64.8 Å². The Bertz CT molecular complexity index is 271. The van der Waals surface area contributed by atoms with Crippen molar-refractivity contribution in [3.8, 4) is 0 Å². The van der Waals surface area contributed by atoms with Crippen molar-refractivity contribution in [1.82, 2.24) is 9.78 Å². The molecular weight excluding hydrogens is 311 g/mol. The third kappa shape index (κ3) is 6.51. The summed E-state index contributed by atoms with van der Waals surface area (Å²) in [7, 11) is 0. The van der Waals surface area contributed by atoms with Gasteiger partial charge in [0.2, 0.25) is 0 Å². The van der Waals surface area contributed by atoms with Crippen molar-refractivity contribution in [3.63, 3.8) is 0 Å². The number of aryl methyl sites for hydroxylation is 1. The number of aromatic nitrogens is 2. The van der Waals surface area contributed by atoms with Gasteiger partial charge < -0.3 is 0 Å². The minimum absolute atomic E-state index is 1.08. The van der Waals surface area contributed by atoms with Crippen LogP contribution in [0, 0.1) is 3.57 Å². The van der Waals surface area contributed by atoms with E-state index in [1.807, 2.05) is 6.20 Å². The molecule has 0 spiro atoms. The summed E-state index contributed by atoms with van der Waals surface area (Å²) in [4.78, 5) is 0. The van der Waals surface area contributed by atoms with Crippen LogP contribution in [0.25, 0.3) is 0 Å². The fraction of sp³-hybridized carbons (Fsp3) is 0.769. The van der Waals surface area contributed by atoms with Crippen LogP contribution in [-0.4, -0.2) is 9.78 Å². The summed E-state index contributed by atoms with van der Waals surface area (Å²) in [5, 5.41) is 4.28. The molecule has 16 heavy (non-hydrogen) atoms. The maximum atomic E-state index is 4.28. The minimum Gasteiger partial charge on any atom is -0.272 e. The zero-order valence-electron chi connectivity index (χ0n) is 10.3. The second-order valence-electron chi connectivity index (χ2n) is 4.40. The molecule has 0 aliphatic heterocycles. The second kappa shape index (κ2) is 9.02. The largest absolute Gasteiger partial charge is 0.272 e. The van der Waals surface area contributed by atoms with Crippen LogP contribution in [0.5, 0.6) is 0 Å².